The second kappa shape index (κ2) is 6.23. The van der Waals surface area contributed by atoms with Crippen LogP contribution in [-0.4, -0.2) is 38.7 Å². The molecule has 1 aliphatic heterocycles. The molecule has 0 amide bonds. The topological polar surface area (TPSA) is 74.1 Å². The Hall–Kier alpha value is -1.60. The Balaban J connectivity index is 2.35. The molecule has 0 saturated heterocycles. The van der Waals surface area contributed by atoms with Gasteiger partial charge in [0.25, 0.3) is 10.0 Å². The van der Waals surface area contributed by atoms with E-state index >= 15 is 0 Å². The number of hydrogen-bond donors (Lipinski definition) is 1. The fourth-order valence-corrected chi connectivity index (χ4v) is 2.95. The van der Waals surface area contributed by atoms with Gasteiger partial charge in [-0.25, -0.2) is 5.01 Å². The highest BCUT2D eigenvalue weighted by Crippen LogP contribution is 2.18. The first-order valence-corrected chi connectivity index (χ1v) is 7.99. The molecule has 0 spiro atoms. The van der Waals surface area contributed by atoms with Crippen molar-refractivity contribution < 1.29 is 8.42 Å². The molecule has 1 N–H and O–H groups in total. The van der Waals surface area contributed by atoms with Gasteiger partial charge in [0.1, 0.15) is 0 Å². The molecule has 1 aromatic rings. The summed E-state index contributed by atoms with van der Waals surface area (Å²) in [7, 11) is -3.82. The fourth-order valence-electron chi connectivity index (χ4n) is 1.68. The Morgan fingerprint density at radius 1 is 1.55 bits per heavy atom. The number of halogens is 1. The van der Waals surface area contributed by atoms with E-state index in [1.807, 2.05) is 6.92 Å². The molecule has 1 aliphatic rings. The van der Waals surface area contributed by atoms with Crippen molar-refractivity contribution in [1.29, 1.82) is 0 Å². The van der Waals surface area contributed by atoms with Gasteiger partial charge in [-0.15, -0.1) is 4.40 Å². The number of rotatable bonds is 3. The lowest BCUT2D eigenvalue weighted by atomic mass is 10.4. The van der Waals surface area contributed by atoms with Crippen molar-refractivity contribution in [2.75, 3.05) is 13.1 Å². The lowest BCUT2D eigenvalue weighted by molar-refractivity contribution is 0.471. The van der Waals surface area contributed by atoms with Crippen LogP contribution in [0.5, 0.6) is 0 Å². The lowest BCUT2D eigenvalue weighted by Gasteiger charge is -2.16. The molecule has 1 aromatic carbocycles. The van der Waals surface area contributed by atoms with E-state index in [1.54, 1.807) is 18.3 Å². The Bertz CT molecular complexity index is 643. The number of hydrogen-bond acceptors (Lipinski definition) is 3. The van der Waals surface area contributed by atoms with Crippen molar-refractivity contribution in [1.82, 2.24) is 10.3 Å². The Morgan fingerprint density at radius 3 is 2.95 bits per heavy atom. The molecule has 0 unspecified atom stereocenters. The number of sulfonamides is 1. The average Bonchev–Trinajstić information content (AvgIpc) is 2.92. The van der Waals surface area contributed by atoms with E-state index in [4.69, 9.17) is 11.6 Å². The predicted octanol–water partition coefficient (Wildman–Crippen LogP) is 1.69. The van der Waals surface area contributed by atoms with Gasteiger partial charge in [-0.1, -0.05) is 17.7 Å². The minimum Gasteiger partial charge on any atom is -0.354 e. The maximum Gasteiger partial charge on any atom is 0.285 e. The van der Waals surface area contributed by atoms with Crippen LogP contribution in [0.2, 0.25) is 5.02 Å². The molecule has 0 aliphatic carbocycles. The standard InChI is InChI=1S/C12H15ClN4O2S/c1-2-14-12(17-8-4-7-15-17)16-20(18,19)11-6-3-5-10(13)9-11/h3,5-7,9H,2,4,8H2,1H3,(H,14,16). The molecule has 1 heterocycles. The highest BCUT2D eigenvalue weighted by molar-refractivity contribution is 7.90. The number of nitrogens with zero attached hydrogens (tertiary/aromatic N) is 3. The molecular weight excluding hydrogens is 300 g/mol. The fraction of sp³-hybridized carbons (Fsp3) is 0.333. The van der Waals surface area contributed by atoms with Gasteiger partial charge in [0.2, 0.25) is 5.96 Å². The molecule has 0 fully saturated rings. The first kappa shape index (κ1) is 14.8. The van der Waals surface area contributed by atoms with Crippen LogP contribution in [0.4, 0.5) is 0 Å². The largest absolute Gasteiger partial charge is 0.354 e. The average molecular weight is 315 g/mol. The summed E-state index contributed by atoms with van der Waals surface area (Å²) in [6.45, 7) is 3.02. The second-order valence-corrected chi connectivity index (χ2v) is 6.13. The van der Waals surface area contributed by atoms with Crippen molar-refractivity contribution in [2.45, 2.75) is 18.2 Å². The highest BCUT2D eigenvalue weighted by atomic mass is 35.5. The van der Waals surface area contributed by atoms with Crippen molar-refractivity contribution in [3.05, 3.63) is 29.3 Å². The van der Waals surface area contributed by atoms with Crippen LogP contribution in [-0.2, 0) is 10.0 Å². The van der Waals surface area contributed by atoms with E-state index in [0.29, 0.717) is 18.1 Å². The van der Waals surface area contributed by atoms with Gasteiger partial charge in [0.05, 0.1) is 4.90 Å². The number of guanidine groups is 1. The Morgan fingerprint density at radius 2 is 2.35 bits per heavy atom. The molecule has 108 valence electrons. The van der Waals surface area contributed by atoms with Gasteiger partial charge in [-0.05, 0) is 25.1 Å². The highest BCUT2D eigenvalue weighted by Gasteiger charge is 2.19. The first-order valence-electron chi connectivity index (χ1n) is 6.17. The Labute approximate surface area is 123 Å². The quantitative estimate of drug-likeness (QED) is 0.680. The van der Waals surface area contributed by atoms with Gasteiger partial charge >= 0.3 is 0 Å². The SMILES string of the molecule is CCN/C(=N\S(=O)(=O)c1cccc(Cl)c1)N1CCC=N1. The van der Waals surface area contributed by atoms with Crippen LogP contribution in [0.1, 0.15) is 13.3 Å². The third-order valence-corrected chi connectivity index (χ3v) is 4.07. The normalized spacial score (nSPS) is 15.7. The van der Waals surface area contributed by atoms with Crippen molar-refractivity contribution in [2.24, 2.45) is 9.50 Å². The minimum absolute atomic E-state index is 0.0589. The van der Waals surface area contributed by atoms with Gasteiger partial charge in [0.15, 0.2) is 0 Å². The maximum absolute atomic E-state index is 12.3. The zero-order chi connectivity index (χ0) is 14.6. The molecule has 0 atom stereocenters. The van der Waals surface area contributed by atoms with E-state index in [2.05, 4.69) is 14.8 Å². The summed E-state index contributed by atoms with van der Waals surface area (Å²) >= 11 is 5.81. The number of benzene rings is 1. The van der Waals surface area contributed by atoms with Crippen LogP contribution in [0.3, 0.4) is 0 Å². The van der Waals surface area contributed by atoms with Crippen LogP contribution >= 0.6 is 11.6 Å². The number of nitrogens with one attached hydrogen (secondary N) is 1. The summed E-state index contributed by atoms with van der Waals surface area (Å²) in [5.74, 6) is 0.223. The molecule has 0 saturated carbocycles. The van der Waals surface area contributed by atoms with Crippen LogP contribution < -0.4 is 5.32 Å². The van der Waals surface area contributed by atoms with Crippen molar-refractivity contribution in [3.63, 3.8) is 0 Å². The molecule has 0 bridgehead atoms. The van der Waals surface area contributed by atoms with Crippen LogP contribution in [0.15, 0.2) is 38.7 Å². The predicted molar refractivity (Wildman–Crippen MR) is 79.6 cm³/mol. The molecule has 2 rings (SSSR count). The Kier molecular flexibility index (Phi) is 4.61. The smallest absolute Gasteiger partial charge is 0.285 e. The summed E-state index contributed by atoms with van der Waals surface area (Å²) in [6.07, 6.45) is 2.49. The van der Waals surface area contributed by atoms with Gasteiger partial charge < -0.3 is 5.32 Å². The van der Waals surface area contributed by atoms with Crippen molar-refractivity contribution in [3.8, 4) is 0 Å². The summed E-state index contributed by atoms with van der Waals surface area (Å²) in [4.78, 5) is 0.0589. The monoisotopic (exact) mass is 314 g/mol. The summed E-state index contributed by atoms with van der Waals surface area (Å²) in [6, 6.07) is 6.02. The van der Waals surface area contributed by atoms with E-state index in [0.717, 1.165) is 6.42 Å². The van der Waals surface area contributed by atoms with Gasteiger partial charge in [0, 0.05) is 30.7 Å². The minimum atomic E-state index is -3.82. The van der Waals surface area contributed by atoms with Crippen molar-refractivity contribution >= 4 is 33.8 Å². The van der Waals surface area contributed by atoms with E-state index < -0.39 is 10.0 Å². The molecule has 20 heavy (non-hydrogen) atoms. The summed E-state index contributed by atoms with van der Waals surface area (Å²) in [5.41, 5.74) is 0. The zero-order valence-electron chi connectivity index (χ0n) is 11.0. The van der Waals surface area contributed by atoms with Crippen LogP contribution in [0, 0.1) is 0 Å². The van der Waals surface area contributed by atoms with Crippen LogP contribution in [0.25, 0.3) is 0 Å². The summed E-state index contributed by atoms with van der Waals surface area (Å²) < 4.78 is 28.3. The summed E-state index contributed by atoms with van der Waals surface area (Å²) in [5, 5.41) is 8.88. The molecule has 0 radical (unpaired) electrons. The van der Waals surface area contributed by atoms with E-state index in [1.165, 1.54) is 17.1 Å². The third-order valence-electron chi connectivity index (χ3n) is 2.57. The second-order valence-electron chi connectivity index (χ2n) is 4.09. The van der Waals surface area contributed by atoms with E-state index in [-0.39, 0.29) is 10.9 Å². The lowest BCUT2D eigenvalue weighted by Crippen LogP contribution is -2.37. The molecule has 6 nitrogen and oxygen atoms in total. The van der Waals surface area contributed by atoms with Gasteiger partial charge in [-0.3, -0.25) is 0 Å². The first-order chi connectivity index (χ1) is 9.53. The van der Waals surface area contributed by atoms with E-state index in [9.17, 15) is 8.42 Å². The molecule has 0 aromatic heterocycles. The van der Waals surface area contributed by atoms with Gasteiger partial charge in [-0.2, -0.15) is 13.5 Å². The third kappa shape index (κ3) is 3.49. The molecule has 8 heteroatoms. The molecular formula is C12H15ClN4O2S. The maximum atomic E-state index is 12.3. The zero-order valence-corrected chi connectivity index (χ0v) is 12.5. The number of hydrazone groups is 1.